The van der Waals surface area contributed by atoms with Gasteiger partial charge in [0.05, 0.1) is 17.9 Å². The fourth-order valence-electron chi connectivity index (χ4n) is 1.95. The highest BCUT2D eigenvalue weighted by Gasteiger charge is 2.14. The molecule has 3 N–H and O–H groups in total. The van der Waals surface area contributed by atoms with Gasteiger partial charge in [-0.25, -0.2) is 4.79 Å². The van der Waals surface area contributed by atoms with Crippen LogP contribution in [0, 0.1) is 0 Å². The van der Waals surface area contributed by atoms with Gasteiger partial charge >= 0.3 is 5.97 Å². The van der Waals surface area contributed by atoms with E-state index in [0.29, 0.717) is 11.5 Å². The van der Waals surface area contributed by atoms with Crippen molar-refractivity contribution < 1.29 is 28.3 Å². The lowest BCUT2D eigenvalue weighted by molar-refractivity contribution is -0.125. The predicted molar refractivity (Wildman–Crippen MR) is 86.7 cm³/mol. The molecule has 0 fully saturated rings. The summed E-state index contributed by atoms with van der Waals surface area (Å²) in [5.74, 6) is -0.703. The number of furan rings is 1. The molecule has 0 aliphatic carbocycles. The first-order chi connectivity index (χ1) is 12.0. The normalized spacial score (nSPS) is 11.4. The topological polar surface area (TPSA) is 121 Å². The number of hydrogen-bond donors (Lipinski definition) is 2. The van der Waals surface area contributed by atoms with E-state index < -0.39 is 24.4 Å². The van der Waals surface area contributed by atoms with E-state index in [4.69, 9.17) is 19.6 Å². The third-order valence-electron chi connectivity index (χ3n) is 3.15. The van der Waals surface area contributed by atoms with Crippen LogP contribution in [0.4, 0.5) is 0 Å². The van der Waals surface area contributed by atoms with Gasteiger partial charge in [-0.2, -0.15) is 0 Å². The van der Waals surface area contributed by atoms with Crippen molar-refractivity contribution in [1.82, 2.24) is 5.32 Å². The molecule has 2 amide bonds. The van der Waals surface area contributed by atoms with Crippen molar-refractivity contribution in [2.45, 2.75) is 13.0 Å². The first kappa shape index (κ1) is 18.1. The van der Waals surface area contributed by atoms with E-state index >= 15 is 0 Å². The average Bonchev–Trinajstić information content (AvgIpc) is 3.13. The molecule has 0 unspecified atom stereocenters. The third kappa shape index (κ3) is 5.69. The van der Waals surface area contributed by atoms with E-state index in [1.807, 2.05) is 0 Å². The number of benzene rings is 1. The molecule has 1 atom stereocenters. The van der Waals surface area contributed by atoms with Crippen LogP contribution in [0.5, 0.6) is 5.75 Å². The standard InChI is InChI=1S/C17H18N2O6/c1-11(14-3-2-8-23-14)19-16(21)10-25-17(22)12-4-6-13(7-5-12)24-9-15(18)20/h2-8,11H,9-10H2,1H3,(H2,18,20)(H,19,21)/t11-/m0/s1. The SMILES string of the molecule is C[C@H](NC(=O)COC(=O)c1ccc(OCC(N)=O)cc1)c1ccco1. The van der Waals surface area contributed by atoms with Crippen LogP contribution in [0.3, 0.4) is 0 Å². The van der Waals surface area contributed by atoms with E-state index in [1.54, 1.807) is 19.1 Å². The number of nitrogens with one attached hydrogen (secondary N) is 1. The fourth-order valence-corrected chi connectivity index (χ4v) is 1.95. The number of carbonyl (C=O) groups is 3. The monoisotopic (exact) mass is 346 g/mol. The van der Waals surface area contributed by atoms with Crippen LogP contribution in [0.25, 0.3) is 0 Å². The lowest BCUT2D eigenvalue weighted by atomic mass is 10.2. The summed E-state index contributed by atoms with van der Waals surface area (Å²) in [6, 6.07) is 9.04. The summed E-state index contributed by atoms with van der Waals surface area (Å²) in [5, 5.41) is 2.65. The summed E-state index contributed by atoms with van der Waals surface area (Å²) < 4.78 is 15.2. The van der Waals surface area contributed by atoms with Gasteiger partial charge in [-0.3, -0.25) is 9.59 Å². The first-order valence-electron chi connectivity index (χ1n) is 7.46. The number of nitrogens with two attached hydrogens (primary N) is 1. The van der Waals surface area contributed by atoms with Crippen molar-refractivity contribution in [2.24, 2.45) is 5.73 Å². The lowest BCUT2D eigenvalue weighted by Crippen LogP contribution is -2.30. The second kappa shape index (κ2) is 8.53. The Bertz CT molecular complexity index is 724. The minimum Gasteiger partial charge on any atom is -0.484 e. The van der Waals surface area contributed by atoms with Crippen molar-refractivity contribution in [3.8, 4) is 5.75 Å². The molecule has 0 bridgehead atoms. The molecule has 0 spiro atoms. The van der Waals surface area contributed by atoms with Crippen LogP contribution in [-0.4, -0.2) is 31.0 Å². The van der Waals surface area contributed by atoms with Crippen LogP contribution in [0.2, 0.25) is 0 Å². The molecule has 0 saturated carbocycles. The largest absolute Gasteiger partial charge is 0.484 e. The molecule has 8 heteroatoms. The Morgan fingerprint density at radius 3 is 2.48 bits per heavy atom. The van der Waals surface area contributed by atoms with Gasteiger partial charge in [0.25, 0.3) is 11.8 Å². The molecule has 25 heavy (non-hydrogen) atoms. The Labute approximate surface area is 143 Å². The molecule has 2 aromatic rings. The van der Waals surface area contributed by atoms with Crippen LogP contribution in [0.1, 0.15) is 29.1 Å². The quantitative estimate of drug-likeness (QED) is 0.692. The smallest absolute Gasteiger partial charge is 0.338 e. The Morgan fingerprint density at radius 2 is 1.88 bits per heavy atom. The van der Waals surface area contributed by atoms with E-state index in [9.17, 15) is 14.4 Å². The molecular formula is C17H18N2O6. The summed E-state index contributed by atoms with van der Waals surface area (Å²) >= 11 is 0. The number of hydrogen-bond acceptors (Lipinski definition) is 6. The summed E-state index contributed by atoms with van der Waals surface area (Å²) in [6.45, 7) is 1.09. The molecule has 2 rings (SSSR count). The maximum atomic E-state index is 11.9. The second-order valence-corrected chi connectivity index (χ2v) is 5.16. The van der Waals surface area contributed by atoms with Crippen molar-refractivity contribution >= 4 is 17.8 Å². The van der Waals surface area contributed by atoms with Gasteiger partial charge < -0.3 is 24.9 Å². The molecule has 0 radical (unpaired) electrons. The Hall–Kier alpha value is -3.29. The molecule has 1 aromatic heterocycles. The average molecular weight is 346 g/mol. The van der Waals surface area contributed by atoms with E-state index in [0.717, 1.165) is 0 Å². The fraction of sp³-hybridized carbons (Fsp3) is 0.235. The van der Waals surface area contributed by atoms with E-state index in [2.05, 4.69) is 5.32 Å². The van der Waals surface area contributed by atoms with E-state index in [-0.39, 0.29) is 18.2 Å². The van der Waals surface area contributed by atoms with Crippen molar-refractivity contribution in [1.29, 1.82) is 0 Å². The molecule has 1 aromatic carbocycles. The first-order valence-corrected chi connectivity index (χ1v) is 7.46. The Balaban J connectivity index is 1.79. The predicted octanol–water partition coefficient (Wildman–Crippen LogP) is 1.18. The zero-order valence-electron chi connectivity index (χ0n) is 13.6. The maximum absolute atomic E-state index is 11.9. The second-order valence-electron chi connectivity index (χ2n) is 5.16. The van der Waals surface area contributed by atoms with Crippen LogP contribution >= 0.6 is 0 Å². The lowest BCUT2D eigenvalue weighted by Gasteiger charge is -2.11. The highest BCUT2D eigenvalue weighted by molar-refractivity contribution is 5.91. The Morgan fingerprint density at radius 1 is 1.16 bits per heavy atom. The van der Waals surface area contributed by atoms with Crippen molar-refractivity contribution in [3.05, 3.63) is 54.0 Å². The van der Waals surface area contributed by atoms with Gasteiger partial charge in [0, 0.05) is 0 Å². The molecule has 1 heterocycles. The van der Waals surface area contributed by atoms with Gasteiger partial charge in [0.1, 0.15) is 11.5 Å². The van der Waals surface area contributed by atoms with Gasteiger partial charge in [-0.15, -0.1) is 0 Å². The summed E-state index contributed by atoms with van der Waals surface area (Å²) in [6.07, 6.45) is 1.51. The zero-order valence-corrected chi connectivity index (χ0v) is 13.6. The van der Waals surface area contributed by atoms with Crippen LogP contribution in [-0.2, 0) is 14.3 Å². The minimum absolute atomic E-state index is 0.248. The Kier molecular flexibility index (Phi) is 6.16. The number of amides is 2. The van der Waals surface area contributed by atoms with Gasteiger partial charge in [0.15, 0.2) is 13.2 Å². The highest BCUT2D eigenvalue weighted by Crippen LogP contribution is 2.13. The van der Waals surface area contributed by atoms with Crippen LogP contribution in [0.15, 0.2) is 47.1 Å². The van der Waals surface area contributed by atoms with Gasteiger partial charge in [0.2, 0.25) is 0 Å². The van der Waals surface area contributed by atoms with Gasteiger partial charge in [-0.1, -0.05) is 0 Å². The number of primary amides is 1. The summed E-state index contributed by atoms with van der Waals surface area (Å²) in [4.78, 5) is 34.3. The number of rotatable bonds is 8. The van der Waals surface area contributed by atoms with Gasteiger partial charge in [-0.05, 0) is 43.3 Å². The van der Waals surface area contributed by atoms with E-state index in [1.165, 1.54) is 30.5 Å². The molecule has 8 nitrogen and oxygen atoms in total. The maximum Gasteiger partial charge on any atom is 0.338 e. The highest BCUT2D eigenvalue weighted by atomic mass is 16.5. The zero-order chi connectivity index (χ0) is 18.2. The molecular weight excluding hydrogens is 328 g/mol. The molecule has 132 valence electrons. The number of esters is 1. The van der Waals surface area contributed by atoms with Crippen molar-refractivity contribution in [3.63, 3.8) is 0 Å². The number of ether oxygens (including phenoxy) is 2. The molecule has 0 saturated heterocycles. The molecule has 0 aliphatic rings. The third-order valence-corrected chi connectivity index (χ3v) is 3.15. The number of carbonyl (C=O) groups excluding carboxylic acids is 3. The molecule has 0 aliphatic heterocycles. The minimum atomic E-state index is -0.651. The summed E-state index contributed by atoms with van der Waals surface area (Å²) in [7, 11) is 0. The summed E-state index contributed by atoms with van der Waals surface area (Å²) in [5.41, 5.74) is 5.22. The van der Waals surface area contributed by atoms with Crippen LogP contribution < -0.4 is 15.8 Å². The van der Waals surface area contributed by atoms with Crippen molar-refractivity contribution in [2.75, 3.05) is 13.2 Å².